The van der Waals surface area contributed by atoms with E-state index in [0.717, 1.165) is 36.1 Å². The molecule has 1 saturated heterocycles. The maximum atomic E-state index is 13.3. The molecule has 1 N–H and O–H groups in total. The molecule has 0 aromatic heterocycles. The van der Waals surface area contributed by atoms with Gasteiger partial charge in [-0.05, 0) is 80.9 Å². The zero-order valence-electron chi connectivity index (χ0n) is 22.6. The second-order valence-electron chi connectivity index (χ2n) is 10.00. The normalized spacial score (nSPS) is 16.9. The van der Waals surface area contributed by atoms with Crippen molar-refractivity contribution in [3.63, 3.8) is 0 Å². The van der Waals surface area contributed by atoms with Gasteiger partial charge in [-0.15, -0.1) is 0 Å². The van der Waals surface area contributed by atoms with Crippen LogP contribution >= 0.6 is 0 Å². The van der Waals surface area contributed by atoms with E-state index in [2.05, 4.69) is 6.92 Å². The van der Waals surface area contributed by atoms with E-state index in [1.54, 1.807) is 17.0 Å². The molecule has 198 valence electrons. The molecule has 1 fully saturated rings. The van der Waals surface area contributed by atoms with Gasteiger partial charge in [0.15, 0.2) is 0 Å². The number of ether oxygens (including phenoxy) is 1. The average molecular weight is 513 g/mol. The number of carbonyl (C=O) groups is 2. The molecular formula is C32H36N2O4. The third-order valence-corrected chi connectivity index (χ3v) is 6.95. The van der Waals surface area contributed by atoms with Crippen molar-refractivity contribution < 1.29 is 19.4 Å². The number of Topliss-reactive ketones (excluding diaryl/α,β-unsaturated/α-hetero) is 1. The molecule has 0 saturated carbocycles. The standard InChI is InChI=1S/C32H36N2O4/c1-5-23-12-14-25(15-13-23)29-28(31(36)32(37)34(29)19-9-18-33(3)4)30(35)27-17-16-26(20-22(27)2)38-21-24-10-7-6-8-11-24/h6-8,10-17,20,29,35H,5,9,18-19,21H2,1-4H3/b30-28+/t29-/m1/s1. The molecule has 1 heterocycles. The fraction of sp³-hybridized carbons (Fsp3) is 0.312. The van der Waals surface area contributed by atoms with Gasteiger partial charge in [0.1, 0.15) is 18.1 Å². The lowest BCUT2D eigenvalue weighted by molar-refractivity contribution is -0.139. The van der Waals surface area contributed by atoms with E-state index in [1.165, 1.54) is 5.56 Å². The van der Waals surface area contributed by atoms with Gasteiger partial charge in [0.2, 0.25) is 0 Å². The molecule has 1 aliphatic heterocycles. The van der Waals surface area contributed by atoms with Crippen LogP contribution in [-0.2, 0) is 22.6 Å². The molecule has 1 aliphatic rings. The number of aryl methyl sites for hydroxylation is 2. The summed E-state index contributed by atoms with van der Waals surface area (Å²) in [5.74, 6) is -0.718. The van der Waals surface area contributed by atoms with Gasteiger partial charge in [-0.25, -0.2) is 0 Å². The molecule has 0 bridgehead atoms. The first-order valence-electron chi connectivity index (χ1n) is 13.1. The van der Waals surface area contributed by atoms with Crippen molar-refractivity contribution in [2.75, 3.05) is 27.2 Å². The maximum absolute atomic E-state index is 13.3. The molecule has 1 amide bonds. The third kappa shape index (κ3) is 5.97. The maximum Gasteiger partial charge on any atom is 0.295 e. The largest absolute Gasteiger partial charge is 0.507 e. The molecule has 1 atom stereocenters. The molecule has 0 spiro atoms. The zero-order valence-corrected chi connectivity index (χ0v) is 22.6. The first-order chi connectivity index (χ1) is 18.3. The van der Waals surface area contributed by atoms with E-state index in [4.69, 9.17) is 4.74 Å². The fourth-order valence-electron chi connectivity index (χ4n) is 4.83. The highest BCUT2D eigenvalue weighted by molar-refractivity contribution is 6.46. The summed E-state index contributed by atoms with van der Waals surface area (Å²) in [6.45, 7) is 5.58. The van der Waals surface area contributed by atoms with Gasteiger partial charge in [-0.1, -0.05) is 61.5 Å². The lowest BCUT2D eigenvalue weighted by Gasteiger charge is -2.26. The molecule has 6 heteroatoms. The van der Waals surface area contributed by atoms with E-state index < -0.39 is 17.7 Å². The molecule has 0 aliphatic carbocycles. The fourth-order valence-corrected chi connectivity index (χ4v) is 4.83. The molecule has 38 heavy (non-hydrogen) atoms. The highest BCUT2D eigenvalue weighted by Crippen LogP contribution is 2.40. The molecule has 3 aromatic carbocycles. The van der Waals surface area contributed by atoms with Crippen molar-refractivity contribution in [3.05, 3.63) is 106 Å². The quantitative estimate of drug-likeness (QED) is 0.220. The van der Waals surface area contributed by atoms with E-state index in [1.807, 2.05) is 86.6 Å². The van der Waals surface area contributed by atoms with E-state index in [9.17, 15) is 14.7 Å². The van der Waals surface area contributed by atoms with Gasteiger partial charge in [0, 0.05) is 12.1 Å². The minimum absolute atomic E-state index is 0.130. The summed E-state index contributed by atoms with van der Waals surface area (Å²) in [5, 5.41) is 11.5. The Morgan fingerprint density at radius 3 is 2.32 bits per heavy atom. The molecule has 6 nitrogen and oxygen atoms in total. The average Bonchev–Trinajstić information content (AvgIpc) is 3.17. The van der Waals surface area contributed by atoms with Gasteiger partial charge in [0.05, 0.1) is 11.6 Å². The number of rotatable bonds is 10. The molecule has 3 aromatic rings. The first-order valence-corrected chi connectivity index (χ1v) is 13.1. The number of benzene rings is 3. The Morgan fingerprint density at radius 2 is 1.68 bits per heavy atom. The summed E-state index contributed by atoms with van der Waals surface area (Å²) in [7, 11) is 3.95. The SMILES string of the molecule is CCc1ccc([C@@H]2/C(=C(\O)c3ccc(OCc4ccccc4)cc3C)C(=O)C(=O)N2CCCN(C)C)cc1. The lowest BCUT2D eigenvalue weighted by atomic mass is 9.93. The minimum Gasteiger partial charge on any atom is -0.507 e. The lowest BCUT2D eigenvalue weighted by Crippen LogP contribution is -2.32. The highest BCUT2D eigenvalue weighted by atomic mass is 16.5. The summed E-state index contributed by atoms with van der Waals surface area (Å²) < 4.78 is 5.93. The number of likely N-dealkylation sites (tertiary alicyclic amines) is 1. The smallest absolute Gasteiger partial charge is 0.295 e. The van der Waals surface area contributed by atoms with Crippen molar-refractivity contribution in [3.8, 4) is 5.75 Å². The third-order valence-electron chi connectivity index (χ3n) is 6.95. The van der Waals surface area contributed by atoms with Crippen LogP contribution in [0.2, 0.25) is 0 Å². The van der Waals surface area contributed by atoms with Gasteiger partial charge in [0.25, 0.3) is 11.7 Å². The van der Waals surface area contributed by atoms with Crippen LogP contribution in [0.25, 0.3) is 5.76 Å². The van der Waals surface area contributed by atoms with Gasteiger partial charge in [-0.3, -0.25) is 9.59 Å². The Hall–Kier alpha value is -3.90. The summed E-state index contributed by atoms with van der Waals surface area (Å²) >= 11 is 0. The van der Waals surface area contributed by atoms with Crippen molar-refractivity contribution in [2.24, 2.45) is 0 Å². The van der Waals surface area contributed by atoms with Crippen molar-refractivity contribution in [1.82, 2.24) is 9.80 Å². The number of aliphatic hydroxyl groups excluding tert-OH is 1. The second kappa shape index (κ2) is 12.1. The topological polar surface area (TPSA) is 70.1 Å². The van der Waals surface area contributed by atoms with E-state index in [-0.39, 0.29) is 11.3 Å². The van der Waals surface area contributed by atoms with Crippen LogP contribution in [0.5, 0.6) is 5.75 Å². The van der Waals surface area contributed by atoms with Crippen LogP contribution in [0.4, 0.5) is 0 Å². The van der Waals surface area contributed by atoms with Crippen LogP contribution < -0.4 is 4.74 Å². The monoisotopic (exact) mass is 512 g/mol. The predicted molar refractivity (Wildman–Crippen MR) is 150 cm³/mol. The van der Waals surface area contributed by atoms with Crippen LogP contribution in [0.15, 0.2) is 78.4 Å². The van der Waals surface area contributed by atoms with Crippen molar-refractivity contribution in [2.45, 2.75) is 39.3 Å². The Morgan fingerprint density at radius 1 is 0.974 bits per heavy atom. The molecule has 0 radical (unpaired) electrons. The van der Waals surface area contributed by atoms with E-state index >= 15 is 0 Å². The minimum atomic E-state index is -0.652. The number of amides is 1. The van der Waals surface area contributed by atoms with Crippen LogP contribution in [0, 0.1) is 6.92 Å². The molecule has 0 unspecified atom stereocenters. The summed E-state index contributed by atoms with van der Waals surface area (Å²) in [6, 6.07) is 22.6. The zero-order chi connectivity index (χ0) is 27.2. The van der Waals surface area contributed by atoms with E-state index in [0.29, 0.717) is 24.5 Å². The number of aliphatic hydroxyl groups is 1. The first kappa shape index (κ1) is 27.1. The predicted octanol–water partition coefficient (Wildman–Crippen LogP) is 5.51. The Bertz CT molecular complexity index is 1310. The highest BCUT2D eigenvalue weighted by Gasteiger charge is 2.45. The van der Waals surface area contributed by atoms with Gasteiger partial charge < -0.3 is 19.6 Å². The summed E-state index contributed by atoms with van der Waals surface area (Å²) in [4.78, 5) is 30.2. The number of hydrogen-bond acceptors (Lipinski definition) is 5. The van der Waals surface area contributed by atoms with Crippen molar-refractivity contribution in [1.29, 1.82) is 0 Å². The Labute approximate surface area is 225 Å². The Balaban J connectivity index is 1.68. The van der Waals surface area contributed by atoms with Gasteiger partial charge in [-0.2, -0.15) is 0 Å². The number of carbonyl (C=O) groups excluding carboxylic acids is 2. The van der Waals surface area contributed by atoms with Crippen LogP contribution in [-0.4, -0.2) is 53.8 Å². The number of nitrogens with zero attached hydrogens (tertiary/aromatic N) is 2. The molecular weight excluding hydrogens is 476 g/mol. The number of hydrogen-bond donors (Lipinski definition) is 1. The Kier molecular flexibility index (Phi) is 8.64. The second-order valence-corrected chi connectivity index (χ2v) is 10.00. The summed E-state index contributed by atoms with van der Waals surface area (Å²) in [6.07, 6.45) is 1.61. The van der Waals surface area contributed by atoms with Crippen LogP contribution in [0.3, 0.4) is 0 Å². The number of ketones is 1. The molecule has 4 rings (SSSR count). The summed E-state index contributed by atoms with van der Waals surface area (Å²) in [5.41, 5.74) is 4.43. The van der Waals surface area contributed by atoms with Gasteiger partial charge >= 0.3 is 0 Å². The van der Waals surface area contributed by atoms with Crippen molar-refractivity contribution >= 4 is 17.4 Å². The van der Waals surface area contributed by atoms with Crippen LogP contribution in [0.1, 0.15) is 47.2 Å².